The minimum Gasteiger partial charge on any atom is -0.477 e. The van der Waals surface area contributed by atoms with Crippen molar-refractivity contribution in [2.45, 2.75) is 19.2 Å². The Morgan fingerprint density at radius 3 is 2.70 bits per heavy atom. The topological polar surface area (TPSA) is 83.6 Å². The van der Waals surface area contributed by atoms with Crippen LogP contribution in [-0.4, -0.2) is 42.5 Å². The van der Waals surface area contributed by atoms with Gasteiger partial charge >= 0.3 is 6.18 Å². The third kappa shape index (κ3) is 4.93. The van der Waals surface area contributed by atoms with Gasteiger partial charge in [0.2, 0.25) is 5.91 Å². The van der Waals surface area contributed by atoms with E-state index in [4.69, 9.17) is 16.3 Å². The molecule has 1 atom stereocenters. The van der Waals surface area contributed by atoms with Crippen molar-refractivity contribution in [3.63, 3.8) is 0 Å². The number of rotatable bonds is 5. The predicted molar refractivity (Wildman–Crippen MR) is 105 cm³/mol. The van der Waals surface area contributed by atoms with Gasteiger partial charge in [-0.2, -0.15) is 13.2 Å². The molecule has 0 unspecified atom stereocenters. The van der Waals surface area contributed by atoms with E-state index < -0.39 is 23.8 Å². The highest BCUT2D eigenvalue weighted by Gasteiger charge is 2.33. The van der Waals surface area contributed by atoms with Crippen molar-refractivity contribution in [3.8, 4) is 5.75 Å². The molecule has 1 aromatic heterocycles. The van der Waals surface area contributed by atoms with E-state index >= 15 is 0 Å². The van der Waals surface area contributed by atoms with E-state index in [-0.39, 0.29) is 36.4 Å². The third-order valence-electron chi connectivity index (χ3n) is 4.33. The van der Waals surface area contributed by atoms with Crippen LogP contribution in [0.3, 0.4) is 0 Å². The van der Waals surface area contributed by atoms with Crippen LogP contribution in [-0.2, 0) is 15.8 Å². The van der Waals surface area contributed by atoms with Gasteiger partial charge in [0.1, 0.15) is 11.6 Å². The highest BCUT2D eigenvalue weighted by Crippen LogP contribution is 2.33. The number of alkyl halides is 3. The predicted octanol–water partition coefficient (Wildman–Crippen LogP) is 3.10. The number of hydrogen-bond donors (Lipinski definition) is 2. The van der Waals surface area contributed by atoms with Crippen molar-refractivity contribution < 1.29 is 27.5 Å². The standard InChI is InChI=1S/C19H18ClF3N4O3/c1-11(28)27-10-16(30-15-5-3-2-4-14(15)27)18(29)25-7-6-24-17-13(20)8-12(9-26-17)19(21,22)23/h2-5,8-9,16H,6-7,10H2,1H3,(H,24,26)(H,25,29)/t16-/m1/s1. The lowest BCUT2D eigenvalue weighted by atomic mass is 10.1. The molecule has 7 nitrogen and oxygen atoms in total. The largest absolute Gasteiger partial charge is 0.477 e. The Hall–Kier alpha value is -3.01. The number of nitrogens with one attached hydrogen (secondary N) is 2. The number of anilines is 2. The molecule has 2 amide bonds. The molecule has 0 bridgehead atoms. The van der Waals surface area contributed by atoms with Gasteiger partial charge in [-0.1, -0.05) is 23.7 Å². The Kier molecular flexibility index (Phi) is 6.35. The minimum absolute atomic E-state index is 0.0674. The summed E-state index contributed by atoms with van der Waals surface area (Å²) in [7, 11) is 0. The van der Waals surface area contributed by atoms with Crippen LogP contribution < -0.4 is 20.3 Å². The number of amides is 2. The van der Waals surface area contributed by atoms with Crippen LogP contribution in [0.2, 0.25) is 5.02 Å². The van der Waals surface area contributed by atoms with Gasteiger partial charge in [0, 0.05) is 26.2 Å². The Morgan fingerprint density at radius 1 is 1.30 bits per heavy atom. The molecule has 0 saturated carbocycles. The Labute approximate surface area is 175 Å². The summed E-state index contributed by atoms with van der Waals surface area (Å²) < 4.78 is 43.6. The molecule has 2 N–H and O–H groups in total. The molecule has 0 saturated heterocycles. The zero-order valence-electron chi connectivity index (χ0n) is 15.8. The Morgan fingerprint density at radius 2 is 2.03 bits per heavy atom. The molecule has 0 aliphatic carbocycles. The minimum atomic E-state index is -4.53. The maximum Gasteiger partial charge on any atom is 0.417 e. The van der Waals surface area contributed by atoms with E-state index in [0.717, 1.165) is 6.07 Å². The van der Waals surface area contributed by atoms with Crippen molar-refractivity contribution in [3.05, 3.63) is 47.1 Å². The molecule has 2 aromatic rings. The lowest BCUT2D eigenvalue weighted by Gasteiger charge is -2.33. The summed E-state index contributed by atoms with van der Waals surface area (Å²) in [6, 6.07) is 7.69. The van der Waals surface area contributed by atoms with Gasteiger partial charge < -0.3 is 20.3 Å². The zero-order chi connectivity index (χ0) is 21.9. The first kappa shape index (κ1) is 21.7. The fraction of sp³-hybridized carbons (Fsp3) is 0.316. The van der Waals surface area contributed by atoms with E-state index in [2.05, 4.69) is 15.6 Å². The summed E-state index contributed by atoms with van der Waals surface area (Å²) in [5, 5.41) is 5.23. The molecule has 30 heavy (non-hydrogen) atoms. The maximum atomic E-state index is 12.6. The van der Waals surface area contributed by atoms with Crippen LogP contribution in [0, 0.1) is 0 Å². The van der Waals surface area contributed by atoms with Gasteiger partial charge in [-0.05, 0) is 18.2 Å². The highest BCUT2D eigenvalue weighted by molar-refractivity contribution is 6.32. The van der Waals surface area contributed by atoms with E-state index in [1.165, 1.54) is 11.8 Å². The first-order chi connectivity index (χ1) is 14.2. The molecule has 1 aromatic carbocycles. The Bertz CT molecular complexity index is 955. The number of carbonyl (C=O) groups excluding carboxylic acids is 2. The molecule has 0 fully saturated rings. The van der Waals surface area contributed by atoms with Crippen molar-refractivity contribution in [1.82, 2.24) is 10.3 Å². The van der Waals surface area contributed by atoms with Gasteiger partial charge in [-0.15, -0.1) is 0 Å². The smallest absolute Gasteiger partial charge is 0.417 e. The fourth-order valence-electron chi connectivity index (χ4n) is 2.87. The number of aromatic nitrogens is 1. The number of para-hydroxylation sites is 2. The summed E-state index contributed by atoms with van der Waals surface area (Å²) in [4.78, 5) is 29.5. The quantitative estimate of drug-likeness (QED) is 0.695. The summed E-state index contributed by atoms with van der Waals surface area (Å²) in [5.41, 5.74) is -0.352. The van der Waals surface area contributed by atoms with E-state index in [1.807, 2.05) is 0 Å². The van der Waals surface area contributed by atoms with Crippen molar-refractivity contribution in [2.24, 2.45) is 0 Å². The summed E-state index contributed by atoms with van der Waals surface area (Å²) in [5.74, 6) is -0.139. The van der Waals surface area contributed by atoms with Gasteiger partial charge in [-0.3, -0.25) is 9.59 Å². The molecule has 1 aliphatic heterocycles. The van der Waals surface area contributed by atoms with E-state index in [0.29, 0.717) is 17.6 Å². The van der Waals surface area contributed by atoms with Crippen LogP contribution in [0.1, 0.15) is 12.5 Å². The summed E-state index contributed by atoms with van der Waals surface area (Å²) in [6.07, 6.45) is -4.75. The highest BCUT2D eigenvalue weighted by atomic mass is 35.5. The van der Waals surface area contributed by atoms with Crippen LogP contribution >= 0.6 is 11.6 Å². The van der Waals surface area contributed by atoms with E-state index in [9.17, 15) is 22.8 Å². The van der Waals surface area contributed by atoms with Crippen molar-refractivity contribution in [2.75, 3.05) is 29.9 Å². The Balaban J connectivity index is 1.54. The number of fused-ring (bicyclic) bond motifs is 1. The lowest BCUT2D eigenvalue weighted by molar-refractivity contribution is -0.137. The number of halogens is 4. The van der Waals surface area contributed by atoms with Crippen molar-refractivity contribution in [1.29, 1.82) is 0 Å². The normalized spacial score (nSPS) is 15.8. The number of pyridine rings is 1. The van der Waals surface area contributed by atoms with Crippen LogP contribution in [0.25, 0.3) is 0 Å². The second-order valence-electron chi connectivity index (χ2n) is 6.47. The summed E-state index contributed by atoms with van der Waals surface area (Å²) in [6.45, 7) is 1.78. The SMILES string of the molecule is CC(=O)N1C[C@H](C(=O)NCCNc2ncc(C(F)(F)F)cc2Cl)Oc2ccccc21. The molecule has 0 radical (unpaired) electrons. The summed E-state index contributed by atoms with van der Waals surface area (Å²) >= 11 is 5.82. The molecular formula is C19H18ClF3N4O3. The van der Waals surface area contributed by atoms with Crippen LogP contribution in [0.5, 0.6) is 5.75 Å². The number of ether oxygens (including phenoxy) is 1. The second-order valence-corrected chi connectivity index (χ2v) is 6.88. The average molecular weight is 443 g/mol. The molecule has 2 heterocycles. The zero-order valence-corrected chi connectivity index (χ0v) is 16.5. The monoisotopic (exact) mass is 442 g/mol. The number of nitrogens with zero attached hydrogens (tertiary/aromatic N) is 2. The van der Waals surface area contributed by atoms with E-state index in [1.54, 1.807) is 24.3 Å². The number of hydrogen-bond acceptors (Lipinski definition) is 5. The maximum absolute atomic E-state index is 12.6. The molecule has 160 valence electrons. The average Bonchev–Trinajstić information content (AvgIpc) is 2.70. The number of carbonyl (C=O) groups is 2. The molecule has 3 rings (SSSR count). The molecule has 0 spiro atoms. The lowest BCUT2D eigenvalue weighted by Crippen LogP contribution is -2.50. The van der Waals surface area contributed by atoms with Gasteiger partial charge in [0.15, 0.2) is 6.10 Å². The first-order valence-corrected chi connectivity index (χ1v) is 9.32. The first-order valence-electron chi connectivity index (χ1n) is 8.95. The van der Waals surface area contributed by atoms with Crippen molar-refractivity contribution >= 4 is 34.9 Å². The van der Waals surface area contributed by atoms with Gasteiger partial charge in [-0.25, -0.2) is 4.98 Å². The molecular weight excluding hydrogens is 425 g/mol. The van der Waals surface area contributed by atoms with Crippen LogP contribution in [0.15, 0.2) is 36.5 Å². The molecule has 1 aliphatic rings. The number of benzene rings is 1. The third-order valence-corrected chi connectivity index (χ3v) is 4.62. The molecule has 11 heteroatoms. The van der Waals surface area contributed by atoms with Gasteiger partial charge in [0.05, 0.1) is 22.8 Å². The van der Waals surface area contributed by atoms with Crippen LogP contribution in [0.4, 0.5) is 24.7 Å². The second kappa shape index (κ2) is 8.78. The fourth-order valence-corrected chi connectivity index (χ4v) is 3.11. The van der Waals surface area contributed by atoms with Gasteiger partial charge in [0.25, 0.3) is 5.91 Å².